The third-order valence-corrected chi connectivity index (χ3v) is 2.54. The molecule has 0 aliphatic carbocycles. The van der Waals surface area contributed by atoms with Crippen molar-refractivity contribution >= 4 is 36.2 Å². The number of anilines is 2. The number of ether oxygens (including phenoxy) is 1. The van der Waals surface area contributed by atoms with E-state index in [0.29, 0.717) is 13.2 Å². The number of hydrogen-bond acceptors (Lipinski definition) is 8. The molecule has 0 saturated heterocycles. The van der Waals surface area contributed by atoms with Gasteiger partial charge in [-0.3, -0.25) is 0 Å². The number of aliphatic hydroxyl groups is 4. The molecule has 0 unspecified atom stereocenters. The van der Waals surface area contributed by atoms with Crippen molar-refractivity contribution < 1.29 is 25.2 Å². The number of nitrogens with zero attached hydrogens (tertiary/aromatic N) is 1. The molecule has 0 atom stereocenters. The van der Waals surface area contributed by atoms with Crippen LogP contribution in [0, 0.1) is 0 Å². The van der Waals surface area contributed by atoms with Gasteiger partial charge in [-0.25, -0.2) is 0 Å². The van der Waals surface area contributed by atoms with E-state index in [0.717, 1.165) is 30.2 Å². The molecule has 0 spiro atoms. The van der Waals surface area contributed by atoms with Crippen LogP contribution in [0.2, 0.25) is 0 Å². The maximum absolute atomic E-state index is 7.62. The summed E-state index contributed by atoms with van der Waals surface area (Å²) in [5.41, 5.74) is 13.0. The Balaban J connectivity index is -0.000000378. The average Bonchev–Trinajstić information content (AvgIpc) is 2.55. The molecule has 2 rings (SSSR count). The maximum atomic E-state index is 7.62. The molecule has 8 N–H and O–H groups in total. The first kappa shape index (κ1) is 27.8. The van der Waals surface area contributed by atoms with Gasteiger partial charge in [0.1, 0.15) is 12.4 Å². The number of aliphatic hydroxyl groups excluding tert-OH is 4. The monoisotopic (exact) mass is 389 g/mol. The molecule has 1 aliphatic heterocycles. The lowest BCUT2D eigenvalue weighted by molar-refractivity contribution is 0.186. The largest absolute Gasteiger partial charge is 0.489 e. The van der Waals surface area contributed by atoms with Gasteiger partial charge in [0.05, 0.1) is 38.7 Å². The lowest BCUT2D eigenvalue weighted by Crippen LogP contribution is -2.36. The lowest BCUT2D eigenvalue weighted by Gasteiger charge is -2.30. The second-order valence-corrected chi connectivity index (χ2v) is 4.25. The normalized spacial score (nSPS) is 11.1. The van der Waals surface area contributed by atoms with Crippen molar-refractivity contribution in [1.82, 2.24) is 0 Å². The van der Waals surface area contributed by atoms with Crippen LogP contribution in [0.5, 0.6) is 5.75 Å². The van der Waals surface area contributed by atoms with Crippen molar-refractivity contribution in [2.24, 2.45) is 5.73 Å². The number of rotatable bonds is 4. The van der Waals surface area contributed by atoms with Gasteiger partial charge < -0.3 is 41.5 Å². The molecular formula is C14H29Cl2N3O5. The van der Waals surface area contributed by atoms with Crippen molar-refractivity contribution in [3.63, 3.8) is 0 Å². The van der Waals surface area contributed by atoms with E-state index in [1.54, 1.807) is 0 Å². The Morgan fingerprint density at radius 3 is 2.00 bits per heavy atom. The maximum Gasteiger partial charge on any atom is 0.144 e. The Hall–Kier alpha value is -1.00. The van der Waals surface area contributed by atoms with Gasteiger partial charge in [0.25, 0.3) is 0 Å². The molecule has 1 aromatic rings. The van der Waals surface area contributed by atoms with Gasteiger partial charge in [0.2, 0.25) is 0 Å². The summed E-state index contributed by atoms with van der Waals surface area (Å²) in [4.78, 5) is 2.22. The van der Waals surface area contributed by atoms with E-state index in [1.165, 1.54) is 0 Å². The molecular weight excluding hydrogens is 361 g/mol. The highest BCUT2D eigenvalue weighted by Crippen LogP contribution is 2.32. The predicted octanol–water partition coefficient (Wildman–Crippen LogP) is -0.788. The first-order chi connectivity index (χ1) is 10.6. The number of nitrogen functional groups attached to an aromatic ring is 1. The Morgan fingerprint density at radius 2 is 1.54 bits per heavy atom. The predicted molar refractivity (Wildman–Crippen MR) is 100 cm³/mol. The fourth-order valence-corrected chi connectivity index (χ4v) is 1.68. The smallest absolute Gasteiger partial charge is 0.144 e. The SMILES string of the molecule is Cl.Cl.NCCN1CCOc2cc(N)ccc21.OCCO.OCCO. The van der Waals surface area contributed by atoms with Crippen LogP contribution in [0.4, 0.5) is 11.4 Å². The number of nitrogens with two attached hydrogens (primary N) is 2. The topological polar surface area (TPSA) is 145 Å². The Bertz CT molecular complexity index is 395. The van der Waals surface area contributed by atoms with Crippen molar-refractivity contribution in [3.05, 3.63) is 18.2 Å². The lowest BCUT2D eigenvalue weighted by atomic mass is 10.2. The van der Waals surface area contributed by atoms with Crippen molar-refractivity contribution in [2.75, 3.05) is 63.3 Å². The Labute approximate surface area is 154 Å². The zero-order valence-electron chi connectivity index (χ0n) is 13.5. The summed E-state index contributed by atoms with van der Waals surface area (Å²) in [5.74, 6) is 0.865. The minimum Gasteiger partial charge on any atom is -0.489 e. The fourth-order valence-electron chi connectivity index (χ4n) is 1.68. The number of fused-ring (bicyclic) bond motifs is 1. The van der Waals surface area contributed by atoms with Crippen LogP contribution in [0.25, 0.3) is 0 Å². The quantitative estimate of drug-likeness (QED) is 0.367. The molecule has 0 radical (unpaired) electrons. The van der Waals surface area contributed by atoms with Gasteiger partial charge in [-0.05, 0) is 12.1 Å². The summed E-state index contributed by atoms with van der Waals surface area (Å²) in [7, 11) is 0. The summed E-state index contributed by atoms with van der Waals surface area (Å²) in [5, 5.41) is 30.5. The van der Waals surface area contributed by atoms with Crippen LogP contribution < -0.4 is 21.1 Å². The Kier molecular flexibility index (Phi) is 21.3. The number of halogens is 2. The molecule has 0 aromatic heterocycles. The van der Waals surface area contributed by atoms with E-state index in [4.69, 9.17) is 36.6 Å². The standard InChI is InChI=1S/C10H15N3O.2C2H6O2.2ClH/c11-3-4-13-5-6-14-10-7-8(12)1-2-9(10)13;2*3-1-2-4;;/h1-2,7H,3-6,11-12H2;2*3-4H,1-2H2;2*1H. The van der Waals surface area contributed by atoms with E-state index in [9.17, 15) is 0 Å². The van der Waals surface area contributed by atoms with Crippen LogP contribution in [0.3, 0.4) is 0 Å². The minimum absolute atomic E-state index is 0. The van der Waals surface area contributed by atoms with Crippen LogP contribution >= 0.6 is 24.8 Å². The fraction of sp³-hybridized carbons (Fsp3) is 0.571. The molecule has 24 heavy (non-hydrogen) atoms. The number of hydrogen-bond donors (Lipinski definition) is 6. The summed E-state index contributed by atoms with van der Waals surface area (Å²) in [6.07, 6.45) is 0. The first-order valence-corrected chi connectivity index (χ1v) is 7.05. The molecule has 0 bridgehead atoms. The second kappa shape index (κ2) is 18.3. The van der Waals surface area contributed by atoms with Crippen molar-refractivity contribution in [3.8, 4) is 5.75 Å². The van der Waals surface area contributed by atoms with Crippen LogP contribution in [0.15, 0.2) is 18.2 Å². The van der Waals surface area contributed by atoms with Gasteiger partial charge in [-0.2, -0.15) is 0 Å². The number of benzene rings is 1. The molecule has 1 aliphatic rings. The highest BCUT2D eigenvalue weighted by molar-refractivity contribution is 5.85. The minimum atomic E-state index is -0.125. The van der Waals surface area contributed by atoms with E-state index in [2.05, 4.69) is 4.90 Å². The summed E-state index contributed by atoms with van der Waals surface area (Å²) < 4.78 is 5.52. The van der Waals surface area contributed by atoms with E-state index >= 15 is 0 Å². The van der Waals surface area contributed by atoms with Gasteiger partial charge in [0.15, 0.2) is 0 Å². The summed E-state index contributed by atoms with van der Waals surface area (Å²) in [6.45, 7) is 2.62. The zero-order valence-corrected chi connectivity index (χ0v) is 15.1. The molecule has 10 heteroatoms. The van der Waals surface area contributed by atoms with E-state index in [1.807, 2.05) is 18.2 Å². The highest BCUT2D eigenvalue weighted by Gasteiger charge is 2.16. The van der Waals surface area contributed by atoms with Gasteiger partial charge >= 0.3 is 0 Å². The van der Waals surface area contributed by atoms with Gasteiger partial charge in [-0.1, -0.05) is 0 Å². The summed E-state index contributed by atoms with van der Waals surface area (Å²) >= 11 is 0. The third kappa shape index (κ3) is 11.5. The first-order valence-electron chi connectivity index (χ1n) is 7.05. The molecule has 8 nitrogen and oxygen atoms in total. The van der Waals surface area contributed by atoms with Crippen molar-refractivity contribution in [1.29, 1.82) is 0 Å². The molecule has 0 saturated carbocycles. The zero-order chi connectivity index (χ0) is 16.8. The summed E-state index contributed by atoms with van der Waals surface area (Å²) in [6, 6.07) is 5.73. The average molecular weight is 390 g/mol. The third-order valence-electron chi connectivity index (χ3n) is 2.54. The Morgan fingerprint density at radius 1 is 1.00 bits per heavy atom. The van der Waals surface area contributed by atoms with Gasteiger partial charge in [-0.15, -0.1) is 24.8 Å². The molecule has 0 amide bonds. The van der Waals surface area contributed by atoms with Crippen molar-refractivity contribution in [2.45, 2.75) is 0 Å². The highest BCUT2D eigenvalue weighted by atomic mass is 35.5. The van der Waals surface area contributed by atoms with Crippen LogP contribution in [-0.2, 0) is 0 Å². The second-order valence-electron chi connectivity index (χ2n) is 4.25. The molecule has 0 fully saturated rings. The molecule has 1 aromatic carbocycles. The van der Waals surface area contributed by atoms with Gasteiger partial charge in [0, 0.05) is 24.8 Å². The van der Waals surface area contributed by atoms with E-state index in [-0.39, 0.29) is 51.2 Å². The molecule has 1 heterocycles. The van der Waals surface area contributed by atoms with E-state index < -0.39 is 0 Å². The van der Waals surface area contributed by atoms with Crippen LogP contribution in [0.1, 0.15) is 0 Å². The molecule has 144 valence electrons. The van der Waals surface area contributed by atoms with Crippen LogP contribution in [-0.4, -0.2) is 73.1 Å².